The van der Waals surface area contributed by atoms with Gasteiger partial charge in [0.05, 0.1) is 11.3 Å². The summed E-state index contributed by atoms with van der Waals surface area (Å²) in [7, 11) is 0. The third kappa shape index (κ3) is 1.81. The Bertz CT molecular complexity index is 566. The van der Waals surface area contributed by atoms with E-state index in [0.717, 1.165) is 22.6 Å². The van der Waals surface area contributed by atoms with Gasteiger partial charge in [-0.05, 0) is 12.5 Å². The summed E-state index contributed by atoms with van der Waals surface area (Å²) in [5, 5.41) is 0. The van der Waals surface area contributed by atoms with Crippen molar-refractivity contribution in [3.05, 3.63) is 41.5 Å². The van der Waals surface area contributed by atoms with Crippen LogP contribution in [0.1, 0.15) is 23.7 Å². The lowest BCUT2D eigenvalue weighted by Crippen LogP contribution is -2.31. The number of rotatable bonds is 3. The summed E-state index contributed by atoms with van der Waals surface area (Å²) in [5.74, 6) is -3.80. The molecule has 0 saturated carbocycles. The lowest BCUT2D eigenvalue weighted by Gasteiger charge is -2.17. The van der Waals surface area contributed by atoms with E-state index in [4.69, 9.17) is 0 Å². The number of anilines is 1. The van der Waals surface area contributed by atoms with Crippen LogP contribution >= 0.6 is 0 Å². The van der Waals surface area contributed by atoms with Gasteiger partial charge in [0.15, 0.2) is 11.6 Å². The molecular weight excluding hydrogens is 240 g/mol. The zero-order chi connectivity index (χ0) is 13.4. The summed E-state index contributed by atoms with van der Waals surface area (Å²) in [6.45, 7) is 5.73. The Balaban J connectivity index is 2.48. The molecule has 2 rings (SSSR count). The summed E-state index contributed by atoms with van der Waals surface area (Å²) in [4.78, 5) is 24.5. The molecule has 0 bridgehead atoms. The van der Waals surface area contributed by atoms with E-state index in [2.05, 4.69) is 6.58 Å². The predicted octanol–water partition coefficient (Wildman–Crippen LogP) is 2.46. The first-order valence-corrected chi connectivity index (χ1v) is 5.47. The molecule has 0 aliphatic carbocycles. The van der Waals surface area contributed by atoms with Crippen LogP contribution in [0.3, 0.4) is 0 Å². The monoisotopic (exact) mass is 251 g/mol. The van der Waals surface area contributed by atoms with Gasteiger partial charge in [0.2, 0.25) is 0 Å². The minimum atomic E-state index is -1.13. The molecule has 1 aromatic rings. The minimum absolute atomic E-state index is 0.0946. The Kier molecular flexibility index (Phi) is 2.98. The van der Waals surface area contributed by atoms with Crippen molar-refractivity contribution >= 4 is 17.4 Å². The van der Waals surface area contributed by atoms with Crippen LogP contribution in [0.4, 0.5) is 14.5 Å². The van der Waals surface area contributed by atoms with Crippen LogP contribution < -0.4 is 4.90 Å². The minimum Gasteiger partial charge on any atom is -0.301 e. The molecule has 0 radical (unpaired) electrons. The molecule has 0 unspecified atom stereocenters. The number of fused-ring (bicyclic) bond motifs is 1. The number of Topliss-reactive ketones (excluding diaryl/α,β-unsaturated/α-hetero) is 1. The number of amides is 1. The average Bonchev–Trinajstić information content (AvgIpc) is 2.56. The fourth-order valence-electron chi connectivity index (χ4n) is 1.78. The second-order valence-corrected chi connectivity index (χ2v) is 4.11. The molecule has 0 fully saturated rings. The number of carbonyl (C=O) groups is 2. The number of halogens is 2. The number of carbonyl (C=O) groups excluding carboxylic acids is 2. The van der Waals surface area contributed by atoms with Crippen molar-refractivity contribution in [2.75, 3.05) is 11.4 Å². The Morgan fingerprint density at radius 1 is 1.28 bits per heavy atom. The van der Waals surface area contributed by atoms with Gasteiger partial charge in [0.25, 0.3) is 11.7 Å². The van der Waals surface area contributed by atoms with Crippen LogP contribution in [-0.2, 0) is 4.79 Å². The van der Waals surface area contributed by atoms with Crippen molar-refractivity contribution in [3.63, 3.8) is 0 Å². The molecule has 0 atom stereocenters. The van der Waals surface area contributed by atoms with E-state index in [1.54, 1.807) is 0 Å². The summed E-state index contributed by atoms with van der Waals surface area (Å²) in [5.41, 5.74) is 0.745. The standard InChI is InChI=1S/C13H11F2NO2/c1-3-7(2)6-16-11-5-10(15)9(14)4-8(11)12(17)13(16)18/h4-5H,2-3,6H2,1H3. The number of benzene rings is 1. The van der Waals surface area contributed by atoms with Crippen LogP contribution in [0.25, 0.3) is 0 Å². The van der Waals surface area contributed by atoms with Crippen molar-refractivity contribution in [2.45, 2.75) is 13.3 Å². The molecule has 1 aromatic carbocycles. The van der Waals surface area contributed by atoms with Crippen LogP contribution in [0.5, 0.6) is 0 Å². The molecule has 94 valence electrons. The van der Waals surface area contributed by atoms with Crippen molar-refractivity contribution in [1.29, 1.82) is 0 Å². The molecule has 0 N–H and O–H groups in total. The summed E-state index contributed by atoms with van der Waals surface area (Å²) in [6.07, 6.45) is 0.636. The van der Waals surface area contributed by atoms with Crippen LogP contribution in [0, 0.1) is 11.6 Å². The largest absolute Gasteiger partial charge is 0.301 e. The van der Waals surface area contributed by atoms with Crippen LogP contribution in [0.15, 0.2) is 24.3 Å². The fourth-order valence-corrected chi connectivity index (χ4v) is 1.78. The number of hydrogen-bond acceptors (Lipinski definition) is 2. The Labute approximate surface area is 103 Å². The highest BCUT2D eigenvalue weighted by Gasteiger charge is 2.36. The second kappa shape index (κ2) is 4.33. The maximum Gasteiger partial charge on any atom is 0.299 e. The number of ketones is 1. The lowest BCUT2D eigenvalue weighted by atomic mass is 10.1. The number of nitrogens with zero attached hydrogens (tertiary/aromatic N) is 1. The van der Waals surface area contributed by atoms with Gasteiger partial charge in [-0.3, -0.25) is 9.59 Å². The molecule has 1 aliphatic heterocycles. The van der Waals surface area contributed by atoms with Gasteiger partial charge >= 0.3 is 0 Å². The van der Waals surface area contributed by atoms with E-state index in [0.29, 0.717) is 6.42 Å². The van der Waals surface area contributed by atoms with Crippen LogP contribution in [-0.4, -0.2) is 18.2 Å². The van der Waals surface area contributed by atoms with Gasteiger partial charge in [0, 0.05) is 12.6 Å². The summed E-state index contributed by atoms with van der Waals surface area (Å²) < 4.78 is 26.2. The first-order valence-electron chi connectivity index (χ1n) is 5.47. The molecular formula is C13H11F2NO2. The van der Waals surface area contributed by atoms with Gasteiger partial charge in [-0.15, -0.1) is 0 Å². The first-order chi connectivity index (χ1) is 8.45. The third-order valence-corrected chi connectivity index (χ3v) is 2.90. The second-order valence-electron chi connectivity index (χ2n) is 4.11. The highest BCUT2D eigenvalue weighted by Crippen LogP contribution is 2.31. The van der Waals surface area contributed by atoms with Gasteiger partial charge < -0.3 is 4.90 Å². The molecule has 0 aromatic heterocycles. The zero-order valence-corrected chi connectivity index (χ0v) is 9.80. The van der Waals surface area contributed by atoms with Gasteiger partial charge in [-0.1, -0.05) is 19.1 Å². The molecule has 1 heterocycles. The van der Waals surface area contributed by atoms with Gasteiger partial charge in [-0.2, -0.15) is 0 Å². The van der Waals surface area contributed by atoms with Crippen molar-refractivity contribution < 1.29 is 18.4 Å². The van der Waals surface area contributed by atoms with Crippen molar-refractivity contribution in [3.8, 4) is 0 Å². The van der Waals surface area contributed by atoms with E-state index in [1.165, 1.54) is 0 Å². The van der Waals surface area contributed by atoms with Gasteiger partial charge in [0.1, 0.15) is 0 Å². The summed E-state index contributed by atoms with van der Waals surface area (Å²) >= 11 is 0. The Morgan fingerprint density at radius 3 is 2.50 bits per heavy atom. The molecule has 0 spiro atoms. The normalized spacial score (nSPS) is 14.1. The fraction of sp³-hybridized carbons (Fsp3) is 0.231. The maximum absolute atomic E-state index is 13.2. The van der Waals surface area contributed by atoms with Gasteiger partial charge in [-0.25, -0.2) is 8.78 Å². The van der Waals surface area contributed by atoms with E-state index < -0.39 is 23.3 Å². The lowest BCUT2D eigenvalue weighted by molar-refractivity contribution is -0.114. The van der Waals surface area contributed by atoms with E-state index in [-0.39, 0.29) is 17.8 Å². The molecule has 0 saturated heterocycles. The Morgan fingerprint density at radius 2 is 1.89 bits per heavy atom. The SMILES string of the molecule is C=C(CC)CN1C(=O)C(=O)c2cc(F)c(F)cc21. The highest BCUT2D eigenvalue weighted by molar-refractivity contribution is 6.52. The number of hydrogen-bond donors (Lipinski definition) is 0. The zero-order valence-electron chi connectivity index (χ0n) is 9.80. The van der Waals surface area contributed by atoms with Crippen LogP contribution in [0.2, 0.25) is 0 Å². The third-order valence-electron chi connectivity index (χ3n) is 2.90. The average molecular weight is 251 g/mol. The van der Waals surface area contributed by atoms with Crippen molar-refractivity contribution in [1.82, 2.24) is 0 Å². The maximum atomic E-state index is 13.2. The molecule has 1 aliphatic rings. The molecule has 1 amide bonds. The first kappa shape index (κ1) is 12.4. The molecule has 18 heavy (non-hydrogen) atoms. The highest BCUT2D eigenvalue weighted by atomic mass is 19.2. The van der Waals surface area contributed by atoms with Crippen molar-refractivity contribution in [2.24, 2.45) is 0 Å². The Hall–Kier alpha value is -2.04. The molecule has 3 nitrogen and oxygen atoms in total. The van der Waals surface area contributed by atoms with E-state index >= 15 is 0 Å². The topological polar surface area (TPSA) is 37.4 Å². The van der Waals surface area contributed by atoms with E-state index in [9.17, 15) is 18.4 Å². The molecule has 5 heteroatoms. The predicted molar refractivity (Wildman–Crippen MR) is 62.5 cm³/mol. The van der Waals surface area contributed by atoms with E-state index in [1.807, 2.05) is 6.92 Å². The smallest absolute Gasteiger partial charge is 0.299 e. The summed E-state index contributed by atoms with van der Waals surface area (Å²) in [6, 6.07) is 1.63. The quantitative estimate of drug-likeness (QED) is 0.611.